The summed E-state index contributed by atoms with van der Waals surface area (Å²) in [6.45, 7) is 0.743. The van der Waals surface area contributed by atoms with E-state index in [0.29, 0.717) is 12.0 Å². The lowest BCUT2D eigenvalue weighted by Gasteiger charge is -1.96. The number of hydrogen-bond donors (Lipinski definition) is 2. The van der Waals surface area contributed by atoms with E-state index >= 15 is 0 Å². The number of carboxylic acids is 1. The van der Waals surface area contributed by atoms with Crippen LogP contribution in [0.4, 0.5) is 4.39 Å². The number of pyridine rings is 1. The molecule has 0 aliphatic heterocycles. The molecule has 0 saturated carbocycles. The Morgan fingerprint density at radius 1 is 1.69 bits per heavy atom. The van der Waals surface area contributed by atoms with Crippen molar-refractivity contribution in [3.05, 3.63) is 29.3 Å². The molecule has 5 heteroatoms. The van der Waals surface area contributed by atoms with Crippen molar-refractivity contribution in [1.82, 2.24) is 10.3 Å². The number of hydrogen-bond acceptors (Lipinski definition) is 3. The van der Waals surface area contributed by atoms with Crippen LogP contribution in [-0.4, -0.2) is 29.7 Å². The summed E-state index contributed by atoms with van der Waals surface area (Å²) in [6, 6.07) is 1.18. The summed E-state index contributed by atoms with van der Waals surface area (Å²) in [6.07, 6.45) is 1.85. The van der Waals surface area contributed by atoms with Gasteiger partial charge < -0.3 is 10.4 Å². The van der Waals surface area contributed by atoms with Crippen LogP contribution >= 0.6 is 0 Å². The molecule has 2 N–H and O–H groups in total. The highest BCUT2D eigenvalue weighted by Crippen LogP contribution is 2.06. The van der Waals surface area contributed by atoms with Gasteiger partial charge in [0, 0.05) is 24.7 Å². The van der Waals surface area contributed by atoms with Crippen LogP contribution in [0.1, 0.15) is 22.3 Å². The smallest absolute Gasteiger partial charge is 0.340 e. The molecule has 84 valence electrons. The minimum Gasteiger partial charge on any atom is -0.478 e. The van der Waals surface area contributed by atoms with Crippen molar-refractivity contribution in [3.8, 4) is 11.8 Å². The Morgan fingerprint density at radius 2 is 2.44 bits per heavy atom. The number of rotatable bonds is 3. The SMILES string of the molecule is CNCCC#Cc1cnc(F)c(C(=O)O)c1. The summed E-state index contributed by atoms with van der Waals surface area (Å²) in [5.74, 6) is 3.20. The van der Waals surface area contributed by atoms with Crippen molar-refractivity contribution in [2.24, 2.45) is 0 Å². The highest BCUT2D eigenvalue weighted by atomic mass is 19.1. The maximum Gasteiger partial charge on any atom is 0.340 e. The van der Waals surface area contributed by atoms with Crippen LogP contribution in [0.2, 0.25) is 0 Å². The van der Waals surface area contributed by atoms with Gasteiger partial charge >= 0.3 is 5.97 Å². The van der Waals surface area contributed by atoms with E-state index in [2.05, 4.69) is 22.1 Å². The third-order valence-electron chi connectivity index (χ3n) is 1.80. The maximum absolute atomic E-state index is 12.9. The Bertz CT molecular complexity index is 449. The second-order valence-corrected chi connectivity index (χ2v) is 3.02. The van der Waals surface area contributed by atoms with Crippen molar-refractivity contribution >= 4 is 5.97 Å². The number of carbonyl (C=O) groups is 1. The van der Waals surface area contributed by atoms with Gasteiger partial charge in [0.1, 0.15) is 5.56 Å². The topological polar surface area (TPSA) is 62.2 Å². The Balaban J connectivity index is 2.85. The van der Waals surface area contributed by atoms with E-state index in [0.717, 1.165) is 6.54 Å². The largest absolute Gasteiger partial charge is 0.478 e. The quantitative estimate of drug-likeness (QED) is 0.453. The van der Waals surface area contributed by atoms with Crippen LogP contribution in [0.5, 0.6) is 0 Å². The van der Waals surface area contributed by atoms with Gasteiger partial charge in [0.2, 0.25) is 5.95 Å². The van der Waals surface area contributed by atoms with Crippen molar-refractivity contribution in [3.63, 3.8) is 0 Å². The summed E-state index contributed by atoms with van der Waals surface area (Å²) in [5.41, 5.74) is -0.0599. The molecule has 0 spiro atoms. The van der Waals surface area contributed by atoms with E-state index in [1.54, 1.807) is 0 Å². The fourth-order valence-corrected chi connectivity index (χ4v) is 1.02. The van der Waals surface area contributed by atoms with Crippen LogP contribution in [0, 0.1) is 17.8 Å². The van der Waals surface area contributed by atoms with Gasteiger partial charge in [0.15, 0.2) is 0 Å². The van der Waals surface area contributed by atoms with Crippen molar-refractivity contribution in [2.45, 2.75) is 6.42 Å². The minimum atomic E-state index is -1.34. The Morgan fingerprint density at radius 3 is 3.06 bits per heavy atom. The lowest BCUT2D eigenvalue weighted by molar-refractivity contribution is 0.0690. The molecule has 1 aromatic heterocycles. The zero-order valence-corrected chi connectivity index (χ0v) is 8.75. The van der Waals surface area contributed by atoms with Crippen LogP contribution in [0.15, 0.2) is 12.3 Å². The molecule has 0 fully saturated rings. The number of carboxylic acid groups (broad SMARTS) is 1. The van der Waals surface area contributed by atoms with Crippen LogP contribution < -0.4 is 5.32 Å². The molecule has 0 radical (unpaired) electrons. The van der Waals surface area contributed by atoms with Gasteiger partial charge in [-0.15, -0.1) is 0 Å². The normalized spacial score (nSPS) is 9.38. The average molecular weight is 222 g/mol. The number of aromatic carboxylic acids is 1. The van der Waals surface area contributed by atoms with E-state index < -0.39 is 17.5 Å². The zero-order valence-electron chi connectivity index (χ0n) is 8.75. The highest BCUT2D eigenvalue weighted by molar-refractivity contribution is 5.87. The van der Waals surface area contributed by atoms with Gasteiger partial charge in [-0.3, -0.25) is 0 Å². The number of halogens is 1. The summed E-state index contributed by atoms with van der Waals surface area (Å²) < 4.78 is 12.9. The van der Waals surface area contributed by atoms with Gasteiger partial charge in [-0.05, 0) is 13.1 Å². The molecule has 0 saturated heterocycles. The van der Waals surface area contributed by atoms with Crippen molar-refractivity contribution in [2.75, 3.05) is 13.6 Å². The third-order valence-corrected chi connectivity index (χ3v) is 1.80. The second kappa shape index (κ2) is 5.83. The first-order valence-corrected chi connectivity index (χ1v) is 4.67. The molecule has 0 amide bonds. The average Bonchev–Trinajstić information content (AvgIpc) is 2.26. The molecule has 4 nitrogen and oxygen atoms in total. The fraction of sp³-hybridized carbons (Fsp3) is 0.273. The molecule has 0 atom stereocenters. The first-order valence-electron chi connectivity index (χ1n) is 4.67. The minimum absolute atomic E-state index is 0.398. The summed E-state index contributed by atoms with van der Waals surface area (Å²) in [5, 5.41) is 11.6. The third kappa shape index (κ3) is 3.33. The maximum atomic E-state index is 12.9. The van der Waals surface area contributed by atoms with E-state index in [1.807, 2.05) is 7.05 Å². The molecular formula is C11H11FN2O2. The molecule has 0 unspecified atom stereocenters. The van der Waals surface area contributed by atoms with Crippen molar-refractivity contribution < 1.29 is 14.3 Å². The number of aromatic nitrogens is 1. The first-order chi connectivity index (χ1) is 7.65. The Kier molecular flexibility index (Phi) is 4.42. The number of nitrogens with zero attached hydrogens (tertiary/aromatic N) is 1. The molecule has 0 aromatic carbocycles. The molecule has 0 aliphatic rings. The van der Waals surface area contributed by atoms with E-state index in [1.165, 1.54) is 12.3 Å². The van der Waals surface area contributed by atoms with Gasteiger partial charge in [-0.1, -0.05) is 11.8 Å². The molecule has 0 bridgehead atoms. The van der Waals surface area contributed by atoms with Gasteiger partial charge in [-0.2, -0.15) is 4.39 Å². The lowest BCUT2D eigenvalue weighted by atomic mass is 10.2. The van der Waals surface area contributed by atoms with Gasteiger partial charge in [0.05, 0.1) is 0 Å². The predicted octanol–water partition coefficient (Wildman–Crippen LogP) is 0.880. The molecule has 1 aromatic rings. The molecule has 0 aliphatic carbocycles. The van der Waals surface area contributed by atoms with Crippen LogP contribution in [0.3, 0.4) is 0 Å². The summed E-state index contributed by atoms with van der Waals surface area (Å²) in [4.78, 5) is 13.9. The van der Waals surface area contributed by atoms with Gasteiger partial charge in [0.25, 0.3) is 0 Å². The zero-order chi connectivity index (χ0) is 12.0. The van der Waals surface area contributed by atoms with E-state index in [-0.39, 0.29) is 0 Å². The van der Waals surface area contributed by atoms with Gasteiger partial charge in [-0.25, -0.2) is 9.78 Å². The van der Waals surface area contributed by atoms with E-state index in [4.69, 9.17) is 5.11 Å². The summed E-state index contributed by atoms with van der Waals surface area (Å²) >= 11 is 0. The van der Waals surface area contributed by atoms with E-state index in [9.17, 15) is 9.18 Å². The van der Waals surface area contributed by atoms with Crippen LogP contribution in [0.25, 0.3) is 0 Å². The molecule has 1 rings (SSSR count). The molecule has 16 heavy (non-hydrogen) atoms. The first kappa shape index (κ1) is 12.1. The Labute approximate surface area is 92.5 Å². The Hall–Kier alpha value is -1.93. The molecular weight excluding hydrogens is 211 g/mol. The number of nitrogens with one attached hydrogen (secondary N) is 1. The van der Waals surface area contributed by atoms with Crippen molar-refractivity contribution in [1.29, 1.82) is 0 Å². The molecule has 1 heterocycles. The van der Waals surface area contributed by atoms with Crippen LogP contribution in [-0.2, 0) is 0 Å². The standard InChI is InChI=1S/C11H11FN2O2/c1-13-5-3-2-4-8-6-9(11(15)16)10(12)14-7-8/h6-7,13H,3,5H2,1H3,(H,15,16). The monoisotopic (exact) mass is 222 g/mol. The lowest BCUT2D eigenvalue weighted by Crippen LogP contribution is -2.06. The highest BCUT2D eigenvalue weighted by Gasteiger charge is 2.11. The second-order valence-electron chi connectivity index (χ2n) is 3.02. The summed E-state index contributed by atoms with van der Waals surface area (Å²) in [7, 11) is 1.81. The predicted molar refractivity (Wildman–Crippen MR) is 56.6 cm³/mol. The fourth-order valence-electron chi connectivity index (χ4n) is 1.02.